The molecule has 0 spiro atoms. The second-order valence-electron chi connectivity index (χ2n) is 5.64. The molecule has 1 aliphatic heterocycles. The van der Waals surface area contributed by atoms with Gasteiger partial charge in [0.1, 0.15) is 0 Å². The van der Waals surface area contributed by atoms with Crippen LogP contribution in [0.1, 0.15) is 5.56 Å². The zero-order valence-electron chi connectivity index (χ0n) is 13.4. The number of aryl methyl sites for hydroxylation is 1. The Morgan fingerprint density at radius 1 is 1.39 bits per heavy atom. The summed E-state index contributed by atoms with van der Waals surface area (Å²) in [5.41, 5.74) is 1.65. The molecule has 0 saturated carbocycles. The quantitative estimate of drug-likeness (QED) is 0.496. The van der Waals surface area contributed by atoms with Crippen LogP contribution in [0.5, 0.6) is 0 Å². The van der Waals surface area contributed by atoms with Crippen molar-refractivity contribution in [3.8, 4) is 0 Å². The van der Waals surface area contributed by atoms with Gasteiger partial charge in [0.05, 0.1) is 12.2 Å². The van der Waals surface area contributed by atoms with Crippen molar-refractivity contribution in [2.24, 2.45) is 10.9 Å². The average Bonchev–Trinajstić information content (AvgIpc) is 2.45. The molecule has 2 amide bonds. The van der Waals surface area contributed by atoms with Crippen LogP contribution in [0.2, 0.25) is 0 Å². The highest BCUT2D eigenvalue weighted by atomic mass is 32.1. The van der Waals surface area contributed by atoms with E-state index in [2.05, 4.69) is 10.3 Å². The van der Waals surface area contributed by atoms with Crippen LogP contribution in [0.3, 0.4) is 0 Å². The summed E-state index contributed by atoms with van der Waals surface area (Å²) in [5.74, 6) is -1.76. The maximum absolute atomic E-state index is 12.7. The van der Waals surface area contributed by atoms with E-state index in [-0.39, 0.29) is 11.0 Å². The van der Waals surface area contributed by atoms with Crippen LogP contribution in [-0.4, -0.2) is 55.2 Å². The van der Waals surface area contributed by atoms with E-state index >= 15 is 0 Å². The standard InChI is InChI=1S/C16H20N4O2S/c1-11-5-4-6-12(9-11)20-15(22)13(14(21)18-16(20)23)10-17-7-8-19(2)3/h4-6,9-10,13H,7-8H2,1-3H3,(H,18,21,23)/t13-/m0/s1. The zero-order valence-corrected chi connectivity index (χ0v) is 14.3. The third-order valence-corrected chi connectivity index (χ3v) is 3.68. The number of aliphatic imine (C=N–C) groups is 1. The second-order valence-corrected chi connectivity index (χ2v) is 6.03. The number of rotatable bonds is 5. The van der Waals surface area contributed by atoms with Crippen molar-refractivity contribution in [1.82, 2.24) is 10.2 Å². The van der Waals surface area contributed by atoms with E-state index in [4.69, 9.17) is 12.2 Å². The number of amides is 2. The summed E-state index contributed by atoms with van der Waals surface area (Å²) in [6, 6.07) is 7.41. The number of nitrogens with one attached hydrogen (secondary N) is 1. The summed E-state index contributed by atoms with van der Waals surface area (Å²) in [4.78, 5) is 32.2. The average molecular weight is 332 g/mol. The van der Waals surface area contributed by atoms with Crippen LogP contribution < -0.4 is 10.2 Å². The summed E-state index contributed by atoms with van der Waals surface area (Å²) >= 11 is 5.15. The van der Waals surface area contributed by atoms with Gasteiger partial charge in [-0.15, -0.1) is 0 Å². The monoisotopic (exact) mass is 332 g/mol. The van der Waals surface area contributed by atoms with Gasteiger partial charge in [-0.3, -0.25) is 19.5 Å². The number of carbonyl (C=O) groups excluding carboxylic acids is 2. The maximum Gasteiger partial charge on any atom is 0.251 e. The second kappa shape index (κ2) is 7.43. The number of hydrogen-bond donors (Lipinski definition) is 1. The van der Waals surface area contributed by atoms with Crippen molar-refractivity contribution in [2.45, 2.75) is 6.92 Å². The summed E-state index contributed by atoms with van der Waals surface area (Å²) in [5, 5.41) is 2.67. The lowest BCUT2D eigenvalue weighted by Gasteiger charge is -2.31. The van der Waals surface area contributed by atoms with Crippen LogP contribution in [0.4, 0.5) is 5.69 Å². The number of thiocarbonyl (C=S) groups is 1. The Morgan fingerprint density at radius 3 is 2.78 bits per heavy atom. The van der Waals surface area contributed by atoms with Crippen LogP contribution in [0.25, 0.3) is 0 Å². The van der Waals surface area contributed by atoms with Crippen molar-refractivity contribution in [3.63, 3.8) is 0 Å². The molecule has 1 aromatic carbocycles. The van der Waals surface area contributed by atoms with Crippen molar-refractivity contribution in [1.29, 1.82) is 0 Å². The molecule has 0 bridgehead atoms. The highest BCUT2D eigenvalue weighted by Gasteiger charge is 2.38. The fourth-order valence-electron chi connectivity index (χ4n) is 2.17. The fourth-order valence-corrected chi connectivity index (χ4v) is 2.47. The van der Waals surface area contributed by atoms with E-state index in [0.29, 0.717) is 12.2 Å². The van der Waals surface area contributed by atoms with Gasteiger partial charge in [0.2, 0.25) is 5.91 Å². The lowest BCUT2D eigenvalue weighted by Crippen LogP contribution is -2.58. The topological polar surface area (TPSA) is 65.0 Å². The minimum absolute atomic E-state index is 0.101. The molecule has 1 N–H and O–H groups in total. The molecule has 6 nitrogen and oxygen atoms in total. The Labute approximate surface area is 141 Å². The Balaban J connectivity index is 2.20. The summed E-state index contributed by atoms with van der Waals surface area (Å²) in [6.07, 6.45) is 1.41. The highest BCUT2D eigenvalue weighted by molar-refractivity contribution is 7.80. The maximum atomic E-state index is 12.7. The molecule has 122 valence electrons. The minimum atomic E-state index is -0.954. The first-order valence-corrected chi connectivity index (χ1v) is 7.71. The van der Waals surface area contributed by atoms with Crippen LogP contribution in [0, 0.1) is 12.8 Å². The number of carbonyl (C=O) groups is 2. The van der Waals surface area contributed by atoms with Crippen molar-refractivity contribution in [3.05, 3.63) is 29.8 Å². The predicted molar refractivity (Wildman–Crippen MR) is 94.8 cm³/mol. The molecule has 1 aromatic rings. The Morgan fingerprint density at radius 2 is 2.13 bits per heavy atom. The van der Waals surface area contributed by atoms with E-state index in [1.165, 1.54) is 11.1 Å². The van der Waals surface area contributed by atoms with E-state index in [1.807, 2.05) is 44.1 Å². The third-order valence-electron chi connectivity index (χ3n) is 3.39. The normalized spacial score (nSPS) is 18.9. The van der Waals surface area contributed by atoms with Gasteiger partial charge in [0.25, 0.3) is 5.91 Å². The van der Waals surface area contributed by atoms with E-state index < -0.39 is 11.8 Å². The molecule has 1 atom stereocenters. The van der Waals surface area contributed by atoms with Crippen molar-refractivity contribution >= 4 is 41.0 Å². The van der Waals surface area contributed by atoms with Crippen molar-refractivity contribution < 1.29 is 9.59 Å². The molecule has 0 unspecified atom stereocenters. The van der Waals surface area contributed by atoms with Gasteiger partial charge in [-0.05, 0) is 50.9 Å². The molecule has 23 heavy (non-hydrogen) atoms. The number of nitrogens with zero attached hydrogens (tertiary/aromatic N) is 3. The molecule has 0 aliphatic carbocycles. The van der Waals surface area contributed by atoms with Gasteiger partial charge in [0, 0.05) is 12.8 Å². The van der Waals surface area contributed by atoms with Gasteiger partial charge >= 0.3 is 0 Å². The molecule has 0 radical (unpaired) electrons. The summed E-state index contributed by atoms with van der Waals surface area (Å²) in [7, 11) is 3.87. The molecule has 1 aliphatic rings. The van der Waals surface area contributed by atoms with Gasteiger partial charge < -0.3 is 10.2 Å². The number of anilines is 1. The SMILES string of the molecule is Cc1cccc(N2C(=O)[C@@H](C=NCCN(C)C)C(=O)NC2=S)c1. The fraction of sp³-hybridized carbons (Fsp3) is 0.375. The number of likely N-dealkylation sites (N-methyl/N-ethyl adjacent to an activating group) is 1. The molecular formula is C16H20N4O2S. The molecule has 2 rings (SSSR count). The first-order valence-electron chi connectivity index (χ1n) is 7.30. The zero-order chi connectivity index (χ0) is 17.0. The largest absolute Gasteiger partial charge is 0.308 e. The number of hydrogen-bond acceptors (Lipinski definition) is 5. The Kier molecular flexibility index (Phi) is 5.57. The van der Waals surface area contributed by atoms with Crippen LogP contribution >= 0.6 is 12.2 Å². The van der Waals surface area contributed by atoms with Gasteiger partial charge in [-0.25, -0.2) is 0 Å². The van der Waals surface area contributed by atoms with Crippen molar-refractivity contribution in [2.75, 3.05) is 32.1 Å². The Hall–Kier alpha value is -2.12. The number of benzene rings is 1. The Bertz CT molecular complexity index is 657. The smallest absolute Gasteiger partial charge is 0.251 e. The first kappa shape index (κ1) is 17.2. The lowest BCUT2D eigenvalue weighted by molar-refractivity contribution is -0.130. The molecule has 7 heteroatoms. The van der Waals surface area contributed by atoms with Crippen LogP contribution in [-0.2, 0) is 9.59 Å². The van der Waals surface area contributed by atoms with Crippen LogP contribution in [0.15, 0.2) is 29.3 Å². The summed E-state index contributed by atoms with van der Waals surface area (Å²) in [6.45, 7) is 3.21. The van der Waals surface area contributed by atoms with E-state index in [0.717, 1.165) is 12.1 Å². The first-order chi connectivity index (χ1) is 10.9. The lowest BCUT2D eigenvalue weighted by atomic mass is 10.1. The minimum Gasteiger partial charge on any atom is -0.308 e. The molecule has 1 fully saturated rings. The van der Waals surface area contributed by atoms with E-state index in [9.17, 15) is 9.59 Å². The van der Waals surface area contributed by atoms with Gasteiger partial charge in [-0.1, -0.05) is 12.1 Å². The molecule has 1 saturated heterocycles. The third kappa shape index (κ3) is 4.20. The summed E-state index contributed by atoms with van der Waals surface area (Å²) < 4.78 is 0. The van der Waals surface area contributed by atoms with Gasteiger partial charge in [0.15, 0.2) is 11.0 Å². The van der Waals surface area contributed by atoms with Gasteiger partial charge in [-0.2, -0.15) is 0 Å². The van der Waals surface area contributed by atoms with E-state index in [1.54, 1.807) is 6.07 Å². The molecule has 1 heterocycles. The molecular weight excluding hydrogens is 312 g/mol. The molecule has 0 aromatic heterocycles. The predicted octanol–water partition coefficient (Wildman–Crippen LogP) is 0.991. The highest BCUT2D eigenvalue weighted by Crippen LogP contribution is 2.21.